The van der Waals surface area contributed by atoms with E-state index in [-0.39, 0.29) is 34.3 Å². The lowest BCUT2D eigenvalue weighted by Gasteiger charge is -2.23. The normalized spacial score (nSPS) is 13.4. The summed E-state index contributed by atoms with van der Waals surface area (Å²) in [5.41, 5.74) is 5.83. The monoisotopic (exact) mass is 361 g/mol. The molecule has 1 aliphatic heterocycles. The molecule has 9 heteroatoms. The van der Waals surface area contributed by atoms with Gasteiger partial charge in [-0.05, 0) is 30.3 Å². The highest BCUT2D eigenvalue weighted by Crippen LogP contribution is 2.32. The van der Waals surface area contributed by atoms with Crippen LogP contribution in [0.15, 0.2) is 47.4 Å². The van der Waals surface area contributed by atoms with Gasteiger partial charge in [-0.1, -0.05) is 12.1 Å². The minimum Gasteiger partial charge on any atom is -0.482 e. The van der Waals surface area contributed by atoms with E-state index >= 15 is 0 Å². The first kappa shape index (κ1) is 16.8. The molecule has 0 atom stereocenters. The molecular formula is C16H15N3O5S. The first-order chi connectivity index (χ1) is 11.8. The third-order valence-corrected chi connectivity index (χ3v) is 5.52. The van der Waals surface area contributed by atoms with Crippen LogP contribution in [0.5, 0.6) is 5.75 Å². The Bertz CT molecular complexity index is 971. The van der Waals surface area contributed by atoms with E-state index in [4.69, 9.17) is 10.5 Å². The number of nitrogens with two attached hydrogens (primary N) is 1. The SMILES string of the molecule is CN(c1ccccc1C(N)=O)S(=O)(=O)c1ccc2c(c1)NC(=O)CO2. The number of benzene rings is 2. The van der Waals surface area contributed by atoms with Crippen LogP contribution in [0.2, 0.25) is 0 Å². The number of primary amides is 1. The molecule has 8 nitrogen and oxygen atoms in total. The van der Waals surface area contributed by atoms with Crippen molar-refractivity contribution in [3.05, 3.63) is 48.0 Å². The van der Waals surface area contributed by atoms with E-state index in [1.54, 1.807) is 12.1 Å². The lowest BCUT2D eigenvalue weighted by Crippen LogP contribution is -2.30. The molecule has 1 aliphatic rings. The highest BCUT2D eigenvalue weighted by Gasteiger charge is 2.26. The van der Waals surface area contributed by atoms with Crippen LogP contribution in [-0.2, 0) is 14.8 Å². The van der Waals surface area contributed by atoms with Crippen molar-refractivity contribution >= 4 is 33.2 Å². The minimum absolute atomic E-state index is 0.0566. The van der Waals surface area contributed by atoms with Gasteiger partial charge in [-0.25, -0.2) is 8.42 Å². The summed E-state index contributed by atoms with van der Waals surface area (Å²) in [6, 6.07) is 10.3. The Labute approximate surface area is 144 Å². The number of carbonyl (C=O) groups excluding carboxylic acids is 2. The zero-order chi connectivity index (χ0) is 18.2. The van der Waals surface area contributed by atoms with Gasteiger partial charge in [0, 0.05) is 7.05 Å². The molecule has 3 rings (SSSR count). The van der Waals surface area contributed by atoms with Gasteiger partial charge in [-0.2, -0.15) is 0 Å². The maximum absolute atomic E-state index is 12.9. The second-order valence-electron chi connectivity index (χ2n) is 5.35. The zero-order valence-electron chi connectivity index (χ0n) is 13.2. The van der Waals surface area contributed by atoms with Gasteiger partial charge in [0.15, 0.2) is 6.61 Å². The summed E-state index contributed by atoms with van der Waals surface area (Å²) in [7, 11) is -2.66. The van der Waals surface area contributed by atoms with Crippen LogP contribution in [0.3, 0.4) is 0 Å². The van der Waals surface area contributed by atoms with E-state index in [9.17, 15) is 18.0 Å². The molecule has 0 saturated heterocycles. The van der Waals surface area contributed by atoms with Gasteiger partial charge in [0.25, 0.3) is 21.8 Å². The molecule has 0 spiro atoms. The number of sulfonamides is 1. The number of ether oxygens (including phenoxy) is 1. The molecule has 2 aromatic rings. The Hall–Kier alpha value is -3.07. The predicted molar refractivity (Wildman–Crippen MR) is 91.1 cm³/mol. The van der Waals surface area contributed by atoms with Crippen molar-refractivity contribution in [1.82, 2.24) is 0 Å². The zero-order valence-corrected chi connectivity index (χ0v) is 14.0. The Morgan fingerprint density at radius 2 is 1.96 bits per heavy atom. The number of fused-ring (bicyclic) bond motifs is 1. The van der Waals surface area contributed by atoms with Crippen LogP contribution in [0, 0.1) is 0 Å². The number of hydrogen-bond donors (Lipinski definition) is 2. The Morgan fingerprint density at radius 3 is 2.68 bits per heavy atom. The number of nitrogens with zero attached hydrogens (tertiary/aromatic N) is 1. The summed E-state index contributed by atoms with van der Waals surface area (Å²) in [5, 5.41) is 2.56. The van der Waals surface area contributed by atoms with Gasteiger partial charge in [-0.15, -0.1) is 0 Å². The molecule has 0 radical (unpaired) electrons. The number of para-hydroxylation sites is 1. The molecule has 0 unspecified atom stereocenters. The van der Waals surface area contributed by atoms with E-state index in [1.807, 2.05) is 0 Å². The van der Waals surface area contributed by atoms with Crippen molar-refractivity contribution < 1.29 is 22.7 Å². The third-order valence-electron chi connectivity index (χ3n) is 3.75. The van der Waals surface area contributed by atoms with E-state index in [0.29, 0.717) is 5.75 Å². The molecule has 0 saturated carbocycles. The third kappa shape index (κ3) is 3.01. The van der Waals surface area contributed by atoms with Crippen molar-refractivity contribution in [2.45, 2.75) is 4.90 Å². The summed E-state index contributed by atoms with van der Waals surface area (Å²) < 4.78 is 32.0. The molecular weight excluding hydrogens is 346 g/mol. The quantitative estimate of drug-likeness (QED) is 0.840. The van der Waals surface area contributed by atoms with Crippen molar-refractivity contribution in [1.29, 1.82) is 0 Å². The average molecular weight is 361 g/mol. The average Bonchev–Trinajstić information content (AvgIpc) is 2.60. The van der Waals surface area contributed by atoms with Gasteiger partial charge in [0.1, 0.15) is 5.75 Å². The van der Waals surface area contributed by atoms with E-state index in [2.05, 4.69) is 5.32 Å². The topological polar surface area (TPSA) is 119 Å². The van der Waals surface area contributed by atoms with Crippen molar-refractivity contribution in [3.63, 3.8) is 0 Å². The summed E-state index contributed by atoms with van der Waals surface area (Å²) in [6.07, 6.45) is 0. The van der Waals surface area contributed by atoms with Gasteiger partial charge < -0.3 is 15.8 Å². The predicted octanol–water partition coefficient (Wildman–Crippen LogP) is 0.942. The van der Waals surface area contributed by atoms with Crippen molar-refractivity contribution in [3.8, 4) is 5.75 Å². The Morgan fingerprint density at radius 1 is 1.24 bits per heavy atom. The van der Waals surface area contributed by atoms with Crippen LogP contribution >= 0.6 is 0 Å². The highest BCUT2D eigenvalue weighted by atomic mass is 32.2. The molecule has 2 aromatic carbocycles. The van der Waals surface area contributed by atoms with Crippen LogP contribution in [0.1, 0.15) is 10.4 Å². The first-order valence-electron chi connectivity index (χ1n) is 7.25. The number of anilines is 2. The van der Waals surface area contributed by atoms with Crippen LogP contribution in [0.25, 0.3) is 0 Å². The van der Waals surface area contributed by atoms with E-state index < -0.39 is 15.9 Å². The van der Waals surface area contributed by atoms with Gasteiger partial charge in [0.05, 0.1) is 21.8 Å². The number of carbonyl (C=O) groups is 2. The molecule has 3 N–H and O–H groups in total. The lowest BCUT2D eigenvalue weighted by atomic mass is 10.2. The molecule has 0 aliphatic carbocycles. The van der Waals surface area contributed by atoms with Crippen LogP contribution in [-0.4, -0.2) is 33.9 Å². The number of rotatable bonds is 4. The molecule has 0 aromatic heterocycles. The maximum Gasteiger partial charge on any atom is 0.264 e. The van der Waals surface area contributed by atoms with Crippen molar-refractivity contribution in [2.24, 2.45) is 5.73 Å². The molecule has 25 heavy (non-hydrogen) atoms. The molecule has 0 bridgehead atoms. The fourth-order valence-electron chi connectivity index (χ4n) is 2.47. The number of nitrogens with one attached hydrogen (secondary N) is 1. The maximum atomic E-state index is 12.9. The van der Waals surface area contributed by atoms with E-state index in [1.165, 1.54) is 37.4 Å². The molecule has 130 valence electrons. The molecule has 2 amide bonds. The van der Waals surface area contributed by atoms with Crippen LogP contribution < -0.4 is 20.1 Å². The summed E-state index contributed by atoms with van der Waals surface area (Å²) in [5.74, 6) is -0.711. The minimum atomic E-state index is -3.98. The smallest absolute Gasteiger partial charge is 0.264 e. The second kappa shape index (κ2) is 6.10. The van der Waals surface area contributed by atoms with E-state index in [0.717, 1.165) is 4.31 Å². The van der Waals surface area contributed by atoms with Gasteiger partial charge in [0.2, 0.25) is 0 Å². The standard InChI is InChI=1S/C16H15N3O5S/c1-19(13-5-3-2-4-11(13)16(17)21)25(22,23)10-6-7-14-12(8-10)18-15(20)9-24-14/h2-8H,9H2,1H3,(H2,17,21)(H,18,20). The summed E-state index contributed by atoms with van der Waals surface area (Å²) in [6.45, 7) is -0.120. The van der Waals surface area contributed by atoms with Gasteiger partial charge >= 0.3 is 0 Å². The lowest BCUT2D eigenvalue weighted by molar-refractivity contribution is -0.118. The number of hydrogen-bond acceptors (Lipinski definition) is 5. The second-order valence-corrected chi connectivity index (χ2v) is 7.32. The van der Waals surface area contributed by atoms with Gasteiger partial charge in [-0.3, -0.25) is 13.9 Å². The fraction of sp³-hybridized carbons (Fsp3) is 0.125. The Balaban J connectivity index is 2.04. The molecule has 0 fully saturated rings. The largest absolute Gasteiger partial charge is 0.482 e. The Kier molecular flexibility index (Phi) is 4.09. The van der Waals surface area contributed by atoms with Crippen LogP contribution in [0.4, 0.5) is 11.4 Å². The highest BCUT2D eigenvalue weighted by molar-refractivity contribution is 7.92. The summed E-state index contributed by atoms with van der Waals surface area (Å²) >= 11 is 0. The molecule has 1 heterocycles. The summed E-state index contributed by atoms with van der Waals surface area (Å²) in [4.78, 5) is 22.9. The number of amides is 2. The van der Waals surface area contributed by atoms with Crippen molar-refractivity contribution in [2.75, 3.05) is 23.3 Å². The fourth-order valence-corrected chi connectivity index (χ4v) is 3.71. The first-order valence-corrected chi connectivity index (χ1v) is 8.69.